The van der Waals surface area contributed by atoms with Gasteiger partial charge in [-0.2, -0.15) is 0 Å². The minimum Gasteiger partial charge on any atom is -0.0885 e. The van der Waals surface area contributed by atoms with E-state index in [0.29, 0.717) is 0 Å². The van der Waals surface area contributed by atoms with E-state index < -0.39 is 0 Å². The van der Waals surface area contributed by atoms with Crippen LogP contribution in [0.5, 0.6) is 0 Å². The van der Waals surface area contributed by atoms with Crippen LogP contribution in [0.3, 0.4) is 0 Å². The van der Waals surface area contributed by atoms with Crippen molar-refractivity contribution in [1.29, 1.82) is 0 Å². The second-order valence-corrected chi connectivity index (χ2v) is 9.36. The largest absolute Gasteiger partial charge is 0.0885 e. The highest BCUT2D eigenvalue weighted by molar-refractivity contribution is 4.81. The fourth-order valence-electron chi connectivity index (χ4n) is 4.22. The molecule has 0 aliphatic carbocycles. The third-order valence-electron chi connectivity index (χ3n) is 5.89. The van der Waals surface area contributed by atoms with Gasteiger partial charge < -0.3 is 0 Å². The maximum atomic E-state index is 2.45. The lowest BCUT2D eigenvalue weighted by Crippen LogP contribution is -2.05. The highest BCUT2D eigenvalue weighted by Crippen LogP contribution is 2.24. The molecule has 27 heavy (non-hydrogen) atoms. The molecule has 0 saturated heterocycles. The van der Waals surface area contributed by atoms with Crippen LogP contribution in [0, 0.1) is 11.8 Å². The summed E-state index contributed by atoms with van der Waals surface area (Å²) >= 11 is 0. The zero-order chi connectivity index (χ0) is 20.0. The summed E-state index contributed by atoms with van der Waals surface area (Å²) in [6, 6.07) is 0. The summed E-state index contributed by atoms with van der Waals surface area (Å²) in [7, 11) is 0. The predicted octanol–water partition coefficient (Wildman–Crippen LogP) is 10.3. The standard InChI is InChI=1S/C27H54/c1-5-7-9-10-11-12-13-14-15-16-17-18-19-20-21-22-24-27(23-8-6-2)25-26(3)4/h16-17,26-27H,5-15,18-25H2,1-4H3/b17-16+. The highest BCUT2D eigenvalue weighted by Gasteiger charge is 2.10. The summed E-state index contributed by atoms with van der Waals surface area (Å²) in [5.41, 5.74) is 0. The Morgan fingerprint density at radius 3 is 1.48 bits per heavy atom. The predicted molar refractivity (Wildman–Crippen MR) is 127 cm³/mol. The summed E-state index contributed by atoms with van der Waals surface area (Å²) in [4.78, 5) is 0. The van der Waals surface area contributed by atoms with E-state index in [1.807, 2.05) is 0 Å². The maximum absolute atomic E-state index is 2.45. The molecule has 0 aromatic heterocycles. The van der Waals surface area contributed by atoms with Crippen molar-refractivity contribution in [3.63, 3.8) is 0 Å². The number of hydrogen-bond acceptors (Lipinski definition) is 0. The Morgan fingerprint density at radius 1 is 0.519 bits per heavy atom. The van der Waals surface area contributed by atoms with Gasteiger partial charge in [0.25, 0.3) is 0 Å². The van der Waals surface area contributed by atoms with E-state index in [1.165, 1.54) is 122 Å². The molecule has 0 aromatic carbocycles. The minimum atomic E-state index is 0.873. The van der Waals surface area contributed by atoms with Crippen LogP contribution in [0.1, 0.15) is 150 Å². The molecule has 0 heterocycles. The molecule has 0 nitrogen and oxygen atoms in total. The maximum Gasteiger partial charge on any atom is -0.0351 e. The van der Waals surface area contributed by atoms with Gasteiger partial charge in [-0.3, -0.25) is 0 Å². The second-order valence-electron chi connectivity index (χ2n) is 9.36. The van der Waals surface area contributed by atoms with Crippen LogP contribution in [0.15, 0.2) is 12.2 Å². The van der Waals surface area contributed by atoms with Gasteiger partial charge in [0.1, 0.15) is 0 Å². The van der Waals surface area contributed by atoms with E-state index in [0.717, 1.165) is 11.8 Å². The zero-order valence-electron chi connectivity index (χ0n) is 19.7. The molecule has 0 aliphatic rings. The molecule has 0 saturated carbocycles. The molecule has 1 atom stereocenters. The van der Waals surface area contributed by atoms with E-state index in [2.05, 4.69) is 39.8 Å². The molecule has 0 bridgehead atoms. The number of rotatable bonds is 21. The summed E-state index contributed by atoms with van der Waals surface area (Å²) in [6.45, 7) is 9.40. The van der Waals surface area contributed by atoms with Crippen LogP contribution in [-0.2, 0) is 0 Å². The summed E-state index contributed by atoms with van der Waals surface area (Å²) in [5, 5.41) is 0. The van der Waals surface area contributed by atoms with Crippen LogP contribution < -0.4 is 0 Å². The lowest BCUT2D eigenvalue weighted by Gasteiger charge is -2.18. The Kier molecular flexibility index (Phi) is 21.8. The van der Waals surface area contributed by atoms with Gasteiger partial charge in [-0.1, -0.05) is 130 Å². The molecular weight excluding hydrogens is 324 g/mol. The van der Waals surface area contributed by atoms with Crippen molar-refractivity contribution < 1.29 is 0 Å². The first-order valence-corrected chi connectivity index (χ1v) is 12.9. The zero-order valence-corrected chi connectivity index (χ0v) is 19.7. The number of unbranched alkanes of at least 4 members (excludes halogenated alkanes) is 13. The average molecular weight is 379 g/mol. The second kappa shape index (κ2) is 22.0. The van der Waals surface area contributed by atoms with Crippen LogP contribution >= 0.6 is 0 Å². The third-order valence-corrected chi connectivity index (χ3v) is 5.89. The first kappa shape index (κ1) is 26.7. The van der Waals surface area contributed by atoms with Gasteiger partial charge in [-0.25, -0.2) is 0 Å². The highest BCUT2D eigenvalue weighted by atomic mass is 14.2. The monoisotopic (exact) mass is 378 g/mol. The van der Waals surface area contributed by atoms with Crippen molar-refractivity contribution in [2.24, 2.45) is 11.8 Å². The normalized spacial score (nSPS) is 13.1. The van der Waals surface area contributed by atoms with Crippen molar-refractivity contribution in [1.82, 2.24) is 0 Å². The molecule has 162 valence electrons. The molecule has 1 unspecified atom stereocenters. The van der Waals surface area contributed by atoms with Gasteiger partial charge in [0.2, 0.25) is 0 Å². The van der Waals surface area contributed by atoms with Gasteiger partial charge in [0, 0.05) is 0 Å². The Morgan fingerprint density at radius 2 is 0.963 bits per heavy atom. The van der Waals surface area contributed by atoms with Crippen LogP contribution in [0.2, 0.25) is 0 Å². The first-order chi connectivity index (χ1) is 13.2. The van der Waals surface area contributed by atoms with E-state index in [-0.39, 0.29) is 0 Å². The quantitative estimate of drug-likeness (QED) is 0.138. The fourth-order valence-corrected chi connectivity index (χ4v) is 4.22. The Labute approximate surface area is 174 Å². The molecule has 0 aromatic rings. The van der Waals surface area contributed by atoms with Gasteiger partial charge >= 0.3 is 0 Å². The van der Waals surface area contributed by atoms with Crippen molar-refractivity contribution in [3.8, 4) is 0 Å². The van der Waals surface area contributed by atoms with E-state index >= 15 is 0 Å². The Hall–Kier alpha value is -0.260. The van der Waals surface area contributed by atoms with Gasteiger partial charge in [-0.05, 0) is 43.9 Å². The smallest absolute Gasteiger partial charge is 0.0351 e. The van der Waals surface area contributed by atoms with Crippen molar-refractivity contribution in [2.45, 2.75) is 150 Å². The van der Waals surface area contributed by atoms with Crippen molar-refractivity contribution in [3.05, 3.63) is 12.2 Å². The van der Waals surface area contributed by atoms with E-state index in [1.54, 1.807) is 0 Å². The van der Waals surface area contributed by atoms with Crippen LogP contribution in [-0.4, -0.2) is 0 Å². The van der Waals surface area contributed by atoms with Gasteiger partial charge in [0.05, 0.1) is 0 Å². The molecule has 0 amide bonds. The van der Waals surface area contributed by atoms with Crippen LogP contribution in [0.4, 0.5) is 0 Å². The molecule has 0 heteroatoms. The minimum absolute atomic E-state index is 0.873. The van der Waals surface area contributed by atoms with E-state index in [4.69, 9.17) is 0 Å². The Bertz CT molecular complexity index is 288. The summed E-state index contributed by atoms with van der Waals surface area (Å²) in [5.74, 6) is 1.87. The lowest BCUT2D eigenvalue weighted by molar-refractivity contribution is 0.343. The van der Waals surface area contributed by atoms with Crippen molar-refractivity contribution >= 4 is 0 Å². The van der Waals surface area contributed by atoms with Gasteiger partial charge in [0.15, 0.2) is 0 Å². The fraction of sp³-hybridized carbons (Fsp3) is 0.926. The van der Waals surface area contributed by atoms with Crippen molar-refractivity contribution in [2.75, 3.05) is 0 Å². The summed E-state index contributed by atoms with van der Waals surface area (Å²) < 4.78 is 0. The lowest BCUT2D eigenvalue weighted by atomic mass is 9.88. The molecule has 0 spiro atoms. The molecule has 0 radical (unpaired) electrons. The number of allylic oxidation sites excluding steroid dienone is 2. The summed E-state index contributed by atoms with van der Waals surface area (Å²) in [6.07, 6.45) is 31.9. The van der Waals surface area contributed by atoms with E-state index in [9.17, 15) is 0 Å². The molecule has 0 rings (SSSR count). The van der Waals surface area contributed by atoms with Gasteiger partial charge in [-0.15, -0.1) is 0 Å². The average Bonchev–Trinajstić information content (AvgIpc) is 2.65. The first-order valence-electron chi connectivity index (χ1n) is 12.9. The topological polar surface area (TPSA) is 0 Å². The van der Waals surface area contributed by atoms with Crippen LogP contribution in [0.25, 0.3) is 0 Å². The molecule has 0 fully saturated rings. The number of hydrogen-bond donors (Lipinski definition) is 0. The molecule has 0 N–H and O–H groups in total. The Balaban J connectivity index is 3.38. The molecular formula is C27H54. The SMILES string of the molecule is CCCCCCCCCC/C=C/CCCCCCC(CCCC)CC(C)C. The molecule has 0 aliphatic heterocycles. The third kappa shape index (κ3) is 21.9.